The molecule has 2 unspecified atom stereocenters. The van der Waals surface area contributed by atoms with E-state index in [0.717, 1.165) is 31.4 Å². The van der Waals surface area contributed by atoms with Crippen LogP contribution in [0.2, 0.25) is 0 Å². The van der Waals surface area contributed by atoms with Gasteiger partial charge >= 0.3 is 0 Å². The van der Waals surface area contributed by atoms with Gasteiger partial charge in [0.15, 0.2) is 0 Å². The van der Waals surface area contributed by atoms with Gasteiger partial charge in [-0.2, -0.15) is 0 Å². The van der Waals surface area contributed by atoms with Gasteiger partial charge in [-0.25, -0.2) is 0 Å². The molecule has 1 saturated carbocycles. The molecule has 0 spiro atoms. The highest BCUT2D eigenvalue weighted by molar-refractivity contribution is 7.99. The molecule has 0 radical (unpaired) electrons. The lowest BCUT2D eigenvalue weighted by Crippen LogP contribution is -2.49. The first-order valence-corrected chi connectivity index (χ1v) is 9.53. The molecule has 1 N–H and O–H groups in total. The third kappa shape index (κ3) is 4.28. The van der Waals surface area contributed by atoms with E-state index in [9.17, 15) is 9.59 Å². The molecular weight excluding hydrogens is 308 g/mol. The van der Waals surface area contributed by atoms with Gasteiger partial charge in [0.25, 0.3) is 0 Å². The van der Waals surface area contributed by atoms with Crippen molar-refractivity contribution in [1.82, 2.24) is 10.2 Å². The van der Waals surface area contributed by atoms with Crippen molar-refractivity contribution in [3.05, 3.63) is 35.9 Å². The van der Waals surface area contributed by atoms with Crippen molar-refractivity contribution in [3.8, 4) is 0 Å². The highest BCUT2D eigenvalue weighted by Gasteiger charge is 2.41. The van der Waals surface area contributed by atoms with Crippen LogP contribution in [0.15, 0.2) is 30.3 Å². The van der Waals surface area contributed by atoms with Crippen LogP contribution >= 0.6 is 11.8 Å². The summed E-state index contributed by atoms with van der Waals surface area (Å²) in [6, 6.07) is 10.1. The second kappa shape index (κ2) is 7.39. The number of nitrogens with one attached hydrogen (secondary N) is 1. The average Bonchev–Trinajstić information content (AvgIpc) is 3.29. The van der Waals surface area contributed by atoms with Crippen molar-refractivity contribution in [2.75, 3.05) is 11.6 Å². The Kier molecular flexibility index (Phi) is 5.26. The van der Waals surface area contributed by atoms with Crippen molar-refractivity contribution in [2.45, 2.75) is 44.7 Å². The number of hydrogen-bond acceptors (Lipinski definition) is 3. The lowest BCUT2D eigenvalue weighted by molar-refractivity contribution is -0.139. The van der Waals surface area contributed by atoms with Gasteiger partial charge < -0.3 is 10.2 Å². The number of carbonyl (C=O) groups excluding carboxylic acids is 2. The van der Waals surface area contributed by atoms with Gasteiger partial charge in [0, 0.05) is 17.7 Å². The fourth-order valence-electron chi connectivity index (χ4n) is 2.88. The van der Waals surface area contributed by atoms with Gasteiger partial charge in [0.05, 0.1) is 5.88 Å². The van der Waals surface area contributed by atoms with Crippen molar-refractivity contribution < 1.29 is 9.59 Å². The molecule has 1 aliphatic carbocycles. The lowest BCUT2D eigenvalue weighted by Gasteiger charge is -2.25. The highest BCUT2D eigenvalue weighted by atomic mass is 32.2. The molecule has 3 rings (SSSR count). The van der Waals surface area contributed by atoms with Gasteiger partial charge in [-0.05, 0) is 38.2 Å². The summed E-state index contributed by atoms with van der Waals surface area (Å²) in [6.07, 6.45) is 3.84. The molecule has 1 aliphatic heterocycles. The van der Waals surface area contributed by atoms with E-state index in [0.29, 0.717) is 5.88 Å². The summed E-state index contributed by atoms with van der Waals surface area (Å²) in [5.74, 6) is 1.73. The molecule has 1 saturated heterocycles. The second-order valence-corrected chi connectivity index (χ2v) is 7.53. The molecule has 2 fully saturated rings. The Morgan fingerprint density at radius 1 is 1.30 bits per heavy atom. The van der Waals surface area contributed by atoms with E-state index in [1.807, 2.05) is 25.1 Å². The normalized spacial score (nSPS) is 22.0. The van der Waals surface area contributed by atoms with Crippen LogP contribution in [-0.2, 0) is 16.0 Å². The summed E-state index contributed by atoms with van der Waals surface area (Å²) in [5, 5.41) is 3.09. The minimum absolute atomic E-state index is 0.00422. The zero-order valence-corrected chi connectivity index (χ0v) is 14.3. The third-order valence-electron chi connectivity index (χ3n) is 4.49. The zero-order valence-electron chi connectivity index (χ0n) is 13.5. The fourth-order valence-corrected chi connectivity index (χ4v) is 4.04. The Bertz CT molecular complexity index is 559. The first kappa shape index (κ1) is 16.4. The van der Waals surface area contributed by atoms with E-state index in [2.05, 4.69) is 17.4 Å². The molecule has 1 aromatic carbocycles. The Morgan fingerprint density at radius 3 is 2.74 bits per heavy atom. The molecule has 4 nitrogen and oxygen atoms in total. The zero-order chi connectivity index (χ0) is 16.2. The number of rotatable bonds is 6. The summed E-state index contributed by atoms with van der Waals surface area (Å²) in [5.41, 5.74) is 1.29. The van der Waals surface area contributed by atoms with E-state index in [1.54, 1.807) is 16.7 Å². The maximum absolute atomic E-state index is 12.5. The maximum atomic E-state index is 12.5. The standard InChI is InChI=1S/C18H24N2O2S/c1-13(7-8-14-5-3-2-4-6-14)19-17(21)16-11-23-12-20(16)18(22)15-9-10-15/h2-6,13,15-16H,7-12H2,1H3,(H,19,21). The van der Waals surface area contributed by atoms with Crippen LogP contribution < -0.4 is 5.32 Å². The number of nitrogens with zero attached hydrogens (tertiary/aromatic N) is 1. The smallest absolute Gasteiger partial charge is 0.243 e. The van der Waals surface area contributed by atoms with E-state index < -0.39 is 0 Å². The second-order valence-electron chi connectivity index (χ2n) is 6.53. The number of benzene rings is 1. The summed E-state index contributed by atoms with van der Waals surface area (Å²) in [4.78, 5) is 26.5. The van der Waals surface area contributed by atoms with Crippen LogP contribution in [0.1, 0.15) is 31.7 Å². The van der Waals surface area contributed by atoms with Crippen LogP contribution in [0.25, 0.3) is 0 Å². The molecule has 1 heterocycles. The quantitative estimate of drug-likeness (QED) is 0.870. The van der Waals surface area contributed by atoms with E-state index in [1.165, 1.54) is 5.56 Å². The monoisotopic (exact) mass is 332 g/mol. The molecular formula is C18H24N2O2S. The molecule has 2 atom stereocenters. The molecule has 5 heteroatoms. The topological polar surface area (TPSA) is 49.4 Å². The number of thioether (sulfide) groups is 1. The lowest BCUT2D eigenvalue weighted by atomic mass is 10.1. The number of hydrogen-bond donors (Lipinski definition) is 1. The van der Waals surface area contributed by atoms with Crippen molar-refractivity contribution in [1.29, 1.82) is 0 Å². The van der Waals surface area contributed by atoms with Gasteiger partial charge in [0.1, 0.15) is 6.04 Å². The van der Waals surface area contributed by atoms with Crippen molar-refractivity contribution in [3.63, 3.8) is 0 Å². The fraction of sp³-hybridized carbons (Fsp3) is 0.556. The van der Waals surface area contributed by atoms with Crippen LogP contribution in [0, 0.1) is 5.92 Å². The summed E-state index contributed by atoms with van der Waals surface area (Å²) in [6.45, 7) is 2.04. The predicted octanol–water partition coefficient (Wildman–Crippen LogP) is 2.44. The molecule has 0 aromatic heterocycles. The molecule has 2 aliphatic rings. The summed E-state index contributed by atoms with van der Waals surface area (Å²) >= 11 is 1.67. The average molecular weight is 332 g/mol. The minimum Gasteiger partial charge on any atom is -0.352 e. The third-order valence-corrected chi connectivity index (χ3v) is 5.50. The highest BCUT2D eigenvalue weighted by Crippen LogP contribution is 2.34. The largest absolute Gasteiger partial charge is 0.352 e. The van der Waals surface area contributed by atoms with Crippen LogP contribution in [0.3, 0.4) is 0 Å². The molecule has 1 aromatic rings. The van der Waals surface area contributed by atoms with Gasteiger partial charge in [-0.1, -0.05) is 30.3 Å². The van der Waals surface area contributed by atoms with E-state index in [4.69, 9.17) is 0 Å². The Morgan fingerprint density at radius 2 is 2.04 bits per heavy atom. The summed E-state index contributed by atoms with van der Waals surface area (Å²) in [7, 11) is 0. The van der Waals surface area contributed by atoms with E-state index >= 15 is 0 Å². The van der Waals surface area contributed by atoms with E-state index in [-0.39, 0.29) is 29.8 Å². The Labute approximate surface area is 142 Å². The first-order chi connectivity index (χ1) is 11.1. The number of amides is 2. The number of carbonyl (C=O) groups is 2. The SMILES string of the molecule is CC(CCc1ccccc1)NC(=O)C1CSCN1C(=O)C1CC1. The molecule has 2 amide bonds. The van der Waals surface area contributed by atoms with Crippen LogP contribution in [-0.4, -0.2) is 40.4 Å². The Hall–Kier alpha value is -1.49. The van der Waals surface area contributed by atoms with Gasteiger partial charge in [-0.15, -0.1) is 11.8 Å². The van der Waals surface area contributed by atoms with Crippen molar-refractivity contribution >= 4 is 23.6 Å². The molecule has 0 bridgehead atoms. The van der Waals surface area contributed by atoms with Gasteiger partial charge in [-0.3, -0.25) is 9.59 Å². The van der Waals surface area contributed by atoms with Crippen LogP contribution in [0.5, 0.6) is 0 Å². The molecule has 23 heavy (non-hydrogen) atoms. The van der Waals surface area contributed by atoms with Crippen LogP contribution in [0.4, 0.5) is 0 Å². The summed E-state index contributed by atoms with van der Waals surface area (Å²) < 4.78 is 0. The maximum Gasteiger partial charge on any atom is 0.243 e. The predicted molar refractivity (Wildman–Crippen MR) is 93.1 cm³/mol. The first-order valence-electron chi connectivity index (χ1n) is 8.37. The number of aryl methyl sites for hydroxylation is 1. The Balaban J connectivity index is 1.48. The van der Waals surface area contributed by atoms with Crippen molar-refractivity contribution in [2.24, 2.45) is 5.92 Å². The minimum atomic E-state index is -0.285. The van der Waals surface area contributed by atoms with Gasteiger partial charge in [0.2, 0.25) is 11.8 Å². The molecule has 124 valence electrons.